The zero-order valence-electron chi connectivity index (χ0n) is 12.9. The second-order valence-electron chi connectivity index (χ2n) is 5.11. The lowest BCUT2D eigenvalue weighted by Gasteiger charge is -2.16. The first kappa shape index (κ1) is 17.6. The summed E-state index contributed by atoms with van der Waals surface area (Å²) in [5.74, 6) is -1.03. The van der Waals surface area contributed by atoms with E-state index in [0.29, 0.717) is 17.6 Å². The molecule has 0 saturated heterocycles. The number of methoxy groups -OCH3 is 1. The van der Waals surface area contributed by atoms with Gasteiger partial charge in [-0.25, -0.2) is 17.2 Å². The maximum atomic E-state index is 13.9. The Morgan fingerprint density at radius 3 is 2.48 bits per heavy atom. The summed E-state index contributed by atoms with van der Waals surface area (Å²) in [6.45, 7) is 3.06. The Bertz CT molecular complexity index is 802. The molecule has 23 heavy (non-hydrogen) atoms. The van der Waals surface area contributed by atoms with E-state index in [1.165, 1.54) is 14.0 Å². The molecule has 126 valence electrons. The van der Waals surface area contributed by atoms with E-state index < -0.39 is 32.6 Å². The maximum absolute atomic E-state index is 13.9. The zero-order chi connectivity index (χ0) is 17.2. The lowest BCUT2D eigenvalue weighted by molar-refractivity contribution is 0.166. The normalized spacial score (nSPS) is 13.3. The van der Waals surface area contributed by atoms with Crippen LogP contribution in [0, 0.1) is 25.5 Å². The van der Waals surface area contributed by atoms with Crippen LogP contribution in [0.2, 0.25) is 0 Å². The molecule has 0 aliphatic heterocycles. The first-order valence-electron chi connectivity index (χ1n) is 6.78. The van der Waals surface area contributed by atoms with Crippen molar-refractivity contribution < 1.29 is 26.4 Å². The van der Waals surface area contributed by atoms with Crippen LogP contribution < -0.4 is 4.72 Å². The summed E-state index contributed by atoms with van der Waals surface area (Å²) in [6.07, 6.45) is 0. The molecule has 0 radical (unpaired) electrons. The summed E-state index contributed by atoms with van der Waals surface area (Å²) in [6, 6.07) is 3.95. The monoisotopic (exact) mass is 345 g/mol. The maximum Gasteiger partial charge on any atom is 0.244 e. The lowest BCUT2D eigenvalue weighted by Crippen LogP contribution is -2.31. The van der Waals surface area contributed by atoms with Gasteiger partial charge < -0.3 is 9.15 Å². The molecule has 1 atom stereocenters. The molecular formula is C15H17F2NO4S. The van der Waals surface area contributed by atoms with E-state index in [0.717, 1.165) is 6.07 Å². The van der Waals surface area contributed by atoms with Crippen LogP contribution >= 0.6 is 0 Å². The van der Waals surface area contributed by atoms with Crippen LogP contribution in [0.1, 0.15) is 23.1 Å². The summed E-state index contributed by atoms with van der Waals surface area (Å²) >= 11 is 0. The van der Waals surface area contributed by atoms with Crippen molar-refractivity contribution in [2.75, 3.05) is 13.7 Å². The lowest BCUT2D eigenvalue weighted by atomic mass is 10.2. The second kappa shape index (κ2) is 6.77. The number of hydrogen-bond acceptors (Lipinski definition) is 4. The van der Waals surface area contributed by atoms with Crippen molar-refractivity contribution in [2.24, 2.45) is 0 Å². The van der Waals surface area contributed by atoms with Crippen molar-refractivity contribution in [3.8, 4) is 0 Å². The molecule has 8 heteroatoms. The Labute approximate surface area is 133 Å². The highest BCUT2D eigenvalue weighted by atomic mass is 32.2. The first-order valence-corrected chi connectivity index (χ1v) is 8.26. The predicted molar refractivity (Wildman–Crippen MR) is 79.5 cm³/mol. The number of rotatable bonds is 6. The Kier molecular flexibility index (Phi) is 5.18. The van der Waals surface area contributed by atoms with Crippen LogP contribution in [0.25, 0.3) is 0 Å². The van der Waals surface area contributed by atoms with E-state index >= 15 is 0 Å². The summed E-state index contributed by atoms with van der Waals surface area (Å²) in [7, 11) is -2.82. The predicted octanol–water partition coefficient (Wildman–Crippen LogP) is 2.84. The number of sulfonamides is 1. The molecule has 1 aromatic heterocycles. The molecule has 1 N–H and O–H groups in total. The van der Waals surface area contributed by atoms with E-state index in [1.54, 1.807) is 19.1 Å². The third-order valence-corrected chi connectivity index (χ3v) is 4.72. The number of hydrogen-bond donors (Lipinski definition) is 1. The molecule has 1 aromatic carbocycles. The topological polar surface area (TPSA) is 68.5 Å². The standard InChI is InChI=1S/C15H17F2NO4S/c1-9-6-15(12(17)7-11(9)16)23(19,20)18-13(8-21-3)14-5-4-10(2)22-14/h4-7,13,18H,8H2,1-3H3. The molecule has 1 unspecified atom stereocenters. The van der Waals surface area contributed by atoms with Crippen molar-refractivity contribution in [3.05, 3.63) is 53.0 Å². The van der Waals surface area contributed by atoms with Gasteiger partial charge in [0, 0.05) is 13.2 Å². The minimum absolute atomic E-state index is 0.00597. The van der Waals surface area contributed by atoms with Gasteiger partial charge in [0.2, 0.25) is 10.0 Å². The summed E-state index contributed by atoms with van der Waals surface area (Å²) in [5, 5.41) is 0. The summed E-state index contributed by atoms with van der Waals surface area (Å²) < 4.78 is 64.7. The highest BCUT2D eigenvalue weighted by Gasteiger charge is 2.27. The van der Waals surface area contributed by atoms with E-state index in [2.05, 4.69) is 4.72 Å². The van der Waals surface area contributed by atoms with Gasteiger partial charge in [0.1, 0.15) is 34.1 Å². The van der Waals surface area contributed by atoms with Gasteiger partial charge in [-0.3, -0.25) is 0 Å². The molecule has 0 aliphatic rings. The Balaban J connectivity index is 2.37. The molecule has 0 bridgehead atoms. The fraction of sp³-hybridized carbons (Fsp3) is 0.333. The van der Waals surface area contributed by atoms with Crippen LogP contribution in [0.5, 0.6) is 0 Å². The number of nitrogens with one attached hydrogen (secondary N) is 1. The Morgan fingerprint density at radius 1 is 1.22 bits per heavy atom. The number of benzene rings is 1. The highest BCUT2D eigenvalue weighted by Crippen LogP contribution is 2.23. The molecule has 0 saturated carbocycles. The van der Waals surface area contributed by atoms with E-state index in [4.69, 9.17) is 9.15 Å². The molecule has 2 rings (SSSR count). The molecule has 0 fully saturated rings. The second-order valence-corrected chi connectivity index (χ2v) is 6.79. The van der Waals surface area contributed by atoms with Crippen molar-refractivity contribution in [2.45, 2.75) is 24.8 Å². The number of ether oxygens (including phenoxy) is 1. The number of halogens is 2. The van der Waals surface area contributed by atoms with Crippen LogP contribution in [-0.4, -0.2) is 22.1 Å². The first-order chi connectivity index (χ1) is 10.7. The minimum atomic E-state index is -4.22. The van der Waals surface area contributed by atoms with Gasteiger partial charge in [-0.1, -0.05) is 0 Å². The largest absolute Gasteiger partial charge is 0.465 e. The van der Waals surface area contributed by atoms with Crippen LogP contribution in [0.3, 0.4) is 0 Å². The smallest absolute Gasteiger partial charge is 0.244 e. The zero-order valence-corrected chi connectivity index (χ0v) is 13.7. The van der Waals surface area contributed by atoms with Crippen molar-refractivity contribution in [3.63, 3.8) is 0 Å². The van der Waals surface area contributed by atoms with E-state index in [9.17, 15) is 17.2 Å². The average molecular weight is 345 g/mol. The molecule has 5 nitrogen and oxygen atoms in total. The third-order valence-electron chi connectivity index (χ3n) is 3.24. The van der Waals surface area contributed by atoms with Crippen molar-refractivity contribution in [1.82, 2.24) is 4.72 Å². The summed E-state index contributed by atoms with van der Waals surface area (Å²) in [5.41, 5.74) is 0.0314. The van der Waals surface area contributed by atoms with Gasteiger partial charge in [0.25, 0.3) is 0 Å². The molecule has 1 heterocycles. The fourth-order valence-electron chi connectivity index (χ4n) is 2.07. The Hall–Kier alpha value is -1.77. The van der Waals surface area contributed by atoms with Gasteiger partial charge in [0.05, 0.1) is 6.61 Å². The van der Waals surface area contributed by atoms with Crippen molar-refractivity contribution in [1.29, 1.82) is 0 Å². The number of furan rings is 1. The SMILES string of the molecule is COCC(NS(=O)(=O)c1cc(C)c(F)cc1F)c1ccc(C)o1. The van der Waals surface area contributed by atoms with Gasteiger partial charge >= 0.3 is 0 Å². The quantitative estimate of drug-likeness (QED) is 0.874. The van der Waals surface area contributed by atoms with Crippen LogP contribution in [0.15, 0.2) is 33.6 Å². The van der Waals surface area contributed by atoms with Gasteiger partial charge in [-0.2, -0.15) is 4.72 Å². The van der Waals surface area contributed by atoms with Crippen molar-refractivity contribution >= 4 is 10.0 Å². The third kappa shape index (κ3) is 3.95. The molecule has 0 aliphatic carbocycles. The molecule has 2 aromatic rings. The van der Waals surface area contributed by atoms with Gasteiger partial charge in [-0.05, 0) is 37.6 Å². The van der Waals surface area contributed by atoms with Gasteiger partial charge in [-0.15, -0.1) is 0 Å². The molecular weight excluding hydrogens is 328 g/mol. The Morgan fingerprint density at radius 2 is 1.91 bits per heavy atom. The van der Waals surface area contributed by atoms with Crippen LogP contribution in [-0.2, 0) is 14.8 Å². The minimum Gasteiger partial charge on any atom is -0.465 e. The van der Waals surface area contributed by atoms with Gasteiger partial charge in [0.15, 0.2) is 0 Å². The molecule has 0 spiro atoms. The summed E-state index contributed by atoms with van der Waals surface area (Å²) in [4.78, 5) is -0.624. The van der Waals surface area contributed by atoms with E-state index in [1.807, 2.05) is 0 Å². The van der Waals surface area contributed by atoms with E-state index in [-0.39, 0.29) is 12.2 Å². The number of aryl methyl sites for hydroxylation is 2. The van der Waals surface area contributed by atoms with Crippen LogP contribution in [0.4, 0.5) is 8.78 Å². The average Bonchev–Trinajstić information content (AvgIpc) is 2.88. The highest BCUT2D eigenvalue weighted by molar-refractivity contribution is 7.89. The fourth-order valence-corrected chi connectivity index (χ4v) is 3.40. The molecule has 0 amide bonds.